The van der Waals surface area contributed by atoms with E-state index in [1.165, 1.54) is 30.6 Å². The molecule has 0 atom stereocenters. The Kier molecular flexibility index (Phi) is 3.48. The van der Waals surface area contributed by atoms with E-state index in [1.807, 2.05) is 0 Å². The largest absolute Gasteiger partial charge is 0.478 e. The van der Waals surface area contributed by atoms with Crippen molar-refractivity contribution in [3.63, 3.8) is 0 Å². The standard InChI is InChI=1S/C13H9ClN2O3/c14-11-2-1-7(5-9(11)12(15)17)10-6-16-4-3-8(10)13(18)19/h1-6H,(H2,15,17)(H,18,19). The average Bonchev–Trinajstić information content (AvgIpc) is 2.39. The molecule has 0 aliphatic rings. The van der Waals surface area contributed by atoms with Crippen LogP contribution in [0.25, 0.3) is 11.1 Å². The highest BCUT2D eigenvalue weighted by atomic mass is 35.5. The molecule has 0 unspecified atom stereocenters. The number of benzene rings is 1. The van der Waals surface area contributed by atoms with Crippen LogP contribution in [0.1, 0.15) is 20.7 Å². The molecule has 0 radical (unpaired) electrons. The lowest BCUT2D eigenvalue weighted by Gasteiger charge is -2.07. The Morgan fingerprint density at radius 1 is 1.21 bits per heavy atom. The van der Waals surface area contributed by atoms with E-state index in [-0.39, 0.29) is 16.1 Å². The van der Waals surface area contributed by atoms with Gasteiger partial charge in [-0.3, -0.25) is 9.78 Å². The molecule has 1 amide bonds. The number of carboxylic acids is 1. The predicted molar refractivity (Wildman–Crippen MR) is 70.2 cm³/mol. The minimum atomic E-state index is -1.08. The van der Waals surface area contributed by atoms with Crippen LogP contribution in [0.3, 0.4) is 0 Å². The molecule has 0 aliphatic heterocycles. The topological polar surface area (TPSA) is 93.3 Å². The van der Waals surface area contributed by atoms with Gasteiger partial charge in [-0.2, -0.15) is 0 Å². The fraction of sp³-hybridized carbons (Fsp3) is 0. The van der Waals surface area contributed by atoms with Gasteiger partial charge < -0.3 is 10.8 Å². The second-order valence-electron chi connectivity index (χ2n) is 3.79. The number of nitrogens with two attached hydrogens (primary N) is 1. The number of aromatic nitrogens is 1. The number of rotatable bonds is 3. The Morgan fingerprint density at radius 2 is 1.95 bits per heavy atom. The summed E-state index contributed by atoms with van der Waals surface area (Å²) in [6, 6.07) is 5.94. The Labute approximate surface area is 113 Å². The van der Waals surface area contributed by atoms with E-state index in [1.54, 1.807) is 6.07 Å². The summed E-state index contributed by atoms with van der Waals surface area (Å²) >= 11 is 5.85. The van der Waals surface area contributed by atoms with Crippen LogP contribution in [0, 0.1) is 0 Å². The van der Waals surface area contributed by atoms with E-state index in [2.05, 4.69) is 4.98 Å². The number of carbonyl (C=O) groups is 2. The van der Waals surface area contributed by atoms with Crippen molar-refractivity contribution in [3.8, 4) is 11.1 Å². The molecule has 0 fully saturated rings. The molecule has 1 aromatic heterocycles. The van der Waals surface area contributed by atoms with E-state index >= 15 is 0 Å². The van der Waals surface area contributed by atoms with Crippen LogP contribution in [0.5, 0.6) is 0 Å². The zero-order valence-corrected chi connectivity index (χ0v) is 10.4. The zero-order valence-electron chi connectivity index (χ0n) is 9.63. The minimum Gasteiger partial charge on any atom is -0.478 e. The van der Waals surface area contributed by atoms with Gasteiger partial charge in [-0.1, -0.05) is 17.7 Å². The summed E-state index contributed by atoms with van der Waals surface area (Å²) in [5.74, 6) is -1.75. The van der Waals surface area contributed by atoms with Crippen LogP contribution in [-0.4, -0.2) is 22.0 Å². The van der Waals surface area contributed by atoms with E-state index in [9.17, 15) is 9.59 Å². The number of halogens is 1. The molecule has 0 saturated carbocycles. The predicted octanol–water partition coefficient (Wildman–Crippen LogP) is 2.20. The van der Waals surface area contributed by atoms with Crippen molar-refractivity contribution in [3.05, 3.63) is 52.8 Å². The monoisotopic (exact) mass is 276 g/mol. The number of primary amides is 1. The first kappa shape index (κ1) is 13.0. The maximum atomic E-state index is 11.2. The first-order valence-electron chi connectivity index (χ1n) is 5.27. The number of pyridine rings is 1. The van der Waals surface area contributed by atoms with Crippen LogP contribution in [0.2, 0.25) is 5.02 Å². The van der Waals surface area contributed by atoms with Gasteiger partial charge in [0.25, 0.3) is 0 Å². The molecule has 3 N–H and O–H groups in total. The summed E-state index contributed by atoms with van der Waals surface area (Å²) in [4.78, 5) is 26.3. The summed E-state index contributed by atoms with van der Waals surface area (Å²) in [5, 5.41) is 9.33. The molecule has 2 aromatic rings. The highest BCUT2D eigenvalue weighted by Gasteiger charge is 2.14. The SMILES string of the molecule is NC(=O)c1cc(-c2cnccc2C(=O)O)ccc1Cl. The second kappa shape index (κ2) is 5.07. The minimum absolute atomic E-state index is 0.0905. The molecule has 19 heavy (non-hydrogen) atoms. The molecular formula is C13H9ClN2O3. The van der Waals surface area contributed by atoms with Gasteiger partial charge in [-0.15, -0.1) is 0 Å². The van der Waals surface area contributed by atoms with E-state index < -0.39 is 11.9 Å². The molecule has 5 nitrogen and oxygen atoms in total. The van der Waals surface area contributed by atoms with Crippen LogP contribution in [0.4, 0.5) is 0 Å². The summed E-state index contributed by atoms with van der Waals surface area (Å²) in [6.07, 6.45) is 2.80. The number of carboxylic acid groups (broad SMARTS) is 1. The fourth-order valence-corrected chi connectivity index (χ4v) is 1.90. The van der Waals surface area contributed by atoms with Gasteiger partial charge in [0.05, 0.1) is 16.1 Å². The maximum Gasteiger partial charge on any atom is 0.336 e. The van der Waals surface area contributed by atoms with Gasteiger partial charge >= 0.3 is 5.97 Å². The zero-order chi connectivity index (χ0) is 14.0. The van der Waals surface area contributed by atoms with Gasteiger partial charge in [0.15, 0.2) is 0 Å². The van der Waals surface area contributed by atoms with Crippen molar-refractivity contribution >= 4 is 23.5 Å². The highest BCUT2D eigenvalue weighted by Crippen LogP contribution is 2.27. The van der Waals surface area contributed by atoms with Crippen molar-refractivity contribution in [1.82, 2.24) is 4.98 Å². The molecule has 0 bridgehead atoms. The number of hydrogen-bond donors (Lipinski definition) is 2. The van der Waals surface area contributed by atoms with E-state index in [0.717, 1.165) is 0 Å². The van der Waals surface area contributed by atoms with E-state index in [0.29, 0.717) is 11.1 Å². The molecule has 1 heterocycles. The smallest absolute Gasteiger partial charge is 0.336 e. The number of aromatic carboxylic acids is 1. The highest BCUT2D eigenvalue weighted by molar-refractivity contribution is 6.33. The van der Waals surface area contributed by atoms with Crippen LogP contribution in [0.15, 0.2) is 36.7 Å². The van der Waals surface area contributed by atoms with Crippen molar-refractivity contribution in [2.75, 3.05) is 0 Å². The van der Waals surface area contributed by atoms with Crippen molar-refractivity contribution in [2.45, 2.75) is 0 Å². The summed E-state index contributed by atoms with van der Waals surface area (Å²) in [7, 11) is 0. The Balaban J connectivity index is 2.63. The first-order valence-corrected chi connectivity index (χ1v) is 5.65. The number of amides is 1. The van der Waals surface area contributed by atoms with E-state index in [4.69, 9.17) is 22.4 Å². The number of carbonyl (C=O) groups excluding carboxylic acids is 1. The van der Waals surface area contributed by atoms with Gasteiger partial charge in [-0.05, 0) is 23.8 Å². The van der Waals surface area contributed by atoms with Gasteiger partial charge in [0.1, 0.15) is 0 Å². The van der Waals surface area contributed by atoms with Crippen LogP contribution in [-0.2, 0) is 0 Å². The van der Waals surface area contributed by atoms with Crippen LogP contribution >= 0.6 is 11.6 Å². The third kappa shape index (κ3) is 2.56. The summed E-state index contributed by atoms with van der Waals surface area (Å²) in [6.45, 7) is 0. The molecular weight excluding hydrogens is 268 g/mol. The van der Waals surface area contributed by atoms with Gasteiger partial charge in [0, 0.05) is 18.0 Å². The Hall–Kier alpha value is -2.40. The molecule has 6 heteroatoms. The maximum absolute atomic E-state index is 11.2. The quantitative estimate of drug-likeness (QED) is 0.898. The molecule has 0 saturated heterocycles. The Morgan fingerprint density at radius 3 is 2.58 bits per heavy atom. The lowest BCUT2D eigenvalue weighted by atomic mass is 10.00. The summed E-state index contributed by atoms with van der Waals surface area (Å²) in [5.41, 5.74) is 6.35. The molecule has 96 valence electrons. The van der Waals surface area contributed by atoms with Crippen LogP contribution < -0.4 is 5.73 Å². The molecule has 0 spiro atoms. The Bertz CT molecular complexity index is 671. The normalized spacial score (nSPS) is 10.2. The van der Waals surface area contributed by atoms with Gasteiger partial charge in [0.2, 0.25) is 5.91 Å². The third-order valence-corrected chi connectivity index (χ3v) is 2.92. The number of nitrogens with zero attached hydrogens (tertiary/aromatic N) is 1. The second-order valence-corrected chi connectivity index (χ2v) is 4.19. The third-order valence-electron chi connectivity index (χ3n) is 2.59. The molecule has 1 aromatic carbocycles. The van der Waals surface area contributed by atoms with Crippen molar-refractivity contribution in [2.24, 2.45) is 5.73 Å². The van der Waals surface area contributed by atoms with Crippen molar-refractivity contribution in [1.29, 1.82) is 0 Å². The lowest BCUT2D eigenvalue weighted by Crippen LogP contribution is -2.11. The lowest BCUT2D eigenvalue weighted by molar-refractivity contribution is 0.0697. The first-order chi connectivity index (χ1) is 9.00. The summed E-state index contributed by atoms with van der Waals surface area (Å²) < 4.78 is 0. The average molecular weight is 277 g/mol. The molecule has 0 aliphatic carbocycles. The number of hydrogen-bond acceptors (Lipinski definition) is 3. The fourth-order valence-electron chi connectivity index (χ4n) is 1.69. The van der Waals surface area contributed by atoms with Gasteiger partial charge in [-0.25, -0.2) is 4.79 Å². The van der Waals surface area contributed by atoms with Crippen molar-refractivity contribution < 1.29 is 14.7 Å². The molecule has 2 rings (SSSR count).